The standard InChI is InChI=1S/C33H33N3O5S/c1-24-32(35-42(2,37)38)7-4-8-33(24)36(21-26-11-9-25(20-34)10-12-26)22-27-13-15-28(16-14-27)40-29-5-3-6-30(19-29)41-31-17-18-39-23-31/h3-16,19,31,35H,17-18,21-23H2,1-2H3. The van der Waals surface area contributed by atoms with Gasteiger partial charge in [0.25, 0.3) is 0 Å². The van der Waals surface area contributed by atoms with Gasteiger partial charge in [-0.1, -0.05) is 36.4 Å². The molecule has 1 fully saturated rings. The first-order valence-electron chi connectivity index (χ1n) is 13.7. The summed E-state index contributed by atoms with van der Waals surface area (Å²) in [6.45, 7) is 4.36. The summed E-state index contributed by atoms with van der Waals surface area (Å²) in [5.74, 6) is 2.14. The molecule has 1 heterocycles. The van der Waals surface area contributed by atoms with Gasteiger partial charge in [-0.25, -0.2) is 8.42 Å². The maximum atomic E-state index is 12.0. The third kappa shape index (κ3) is 7.81. The zero-order valence-corrected chi connectivity index (χ0v) is 24.4. The SMILES string of the molecule is Cc1c(NS(C)(=O)=O)cccc1N(Cc1ccc(C#N)cc1)Cc1ccc(Oc2cccc(OC3CCOC3)c2)cc1. The minimum absolute atomic E-state index is 0.0678. The van der Waals surface area contributed by atoms with Gasteiger partial charge in [0.15, 0.2) is 0 Å². The van der Waals surface area contributed by atoms with Crippen LogP contribution in [0.2, 0.25) is 0 Å². The van der Waals surface area contributed by atoms with E-state index < -0.39 is 10.0 Å². The van der Waals surface area contributed by atoms with Crippen molar-refractivity contribution in [3.8, 4) is 23.3 Å². The Morgan fingerprint density at radius 3 is 2.24 bits per heavy atom. The third-order valence-electron chi connectivity index (χ3n) is 6.93. The van der Waals surface area contributed by atoms with Crippen molar-refractivity contribution in [2.24, 2.45) is 0 Å². The molecule has 4 aromatic rings. The minimum Gasteiger partial charge on any atom is -0.488 e. The lowest BCUT2D eigenvalue weighted by molar-refractivity contribution is 0.141. The number of rotatable bonds is 11. The van der Waals surface area contributed by atoms with E-state index in [0.29, 0.717) is 42.4 Å². The van der Waals surface area contributed by atoms with Gasteiger partial charge in [0.1, 0.15) is 23.4 Å². The molecule has 8 nitrogen and oxygen atoms in total. The van der Waals surface area contributed by atoms with Gasteiger partial charge in [-0.2, -0.15) is 5.26 Å². The molecular formula is C33H33N3O5S. The van der Waals surface area contributed by atoms with Gasteiger partial charge in [-0.15, -0.1) is 0 Å². The quantitative estimate of drug-likeness (QED) is 0.218. The van der Waals surface area contributed by atoms with E-state index in [1.807, 2.05) is 79.7 Å². The Labute approximate surface area is 247 Å². The van der Waals surface area contributed by atoms with Crippen LogP contribution < -0.4 is 19.1 Å². The van der Waals surface area contributed by atoms with Gasteiger partial charge in [-0.05, 0) is 72.1 Å². The molecule has 0 bridgehead atoms. The Balaban J connectivity index is 1.34. The molecule has 1 saturated heterocycles. The van der Waals surface area contributed by atoms with Crippen LogP contribution in [0.1, 0.15) is 28.7 Å². The summed E-state index contributed by atoms with van der Waals surface area (Å²) >= 11 is 0. The Hall–Kier alpha value is -4.52. The number of benzene rings is 4. The van der Waals surface area contributed by atoms with Crippen LogP contribution >= 0.6 is 0 Å². The highest BCUT2D eigenvalue weighted by molar-refractivity contribution is 7.92. The normalized spacial score (nSPS) is 14.6. The van der Waals surface area contributed by atoms with Crippen molar-refractivity contribution in [2.45, 2.75) is 32.5 Å². The molecule has 0 saturated carbocycles. The fourth-order valence-corrected chi connectivity index (χ4v) is 5.46. The van der Waals surface area contributed by atoms with Crippen molar-refractivity contribution >= 4 is 21.4 Å². The van der Waals surface area contributed by atoms with Crippen LogP contribution in [0.25, 0.3) is 0 Å². The second-order valence-electron chi connectivity index (χ2n) is 10.3. The molecule has 1 aliphatic heterocycles. The fraction of sp³-hybridized carbons (Fsp3) is 0.242. The van der Waals surface area contributed by atoms with E-state index >= 15 is 0 Å². The van der Waals surface area contributed by atoms with Crippen LogP contribution in [0.15, 0.2) is 91.0 Å². The Bertz CT molecular complexity index is 1660. The van der Waals surface area contributed by atoms with Gasteiger partial charge in [0.2, 0.25) is 10.0 Å². The molecule has 1 atom stereocenters. The summed E-state index contributed by atoms with van der Waals surface area (Å²) in [6.07, 6.45) is 2.09. The highest BCUT2D eigenvalue weighted by Gasteiger charge is 2.18. The monoisotopic (exact) mass is 583 g/mol. The molecule has 0 spiro atoms. The van der Waals surface area contributed by atoms with Gasteiger partial charge >= 0.3 is 0 Å². The van der Waals surface area contributed by atoms with Crippen molar-refractivity contribution in [2.75, 3.05) is 29.1 Å². The summed E-state index contributed by atoms with van der Waals surface area (Å²) in [6, 6.07) is 30.7. The first-order valence-corrected chi connectivity index (χ1v) is 15.6. The van der Waals surface area contributed by atoms with E-state index in [4.69, 9.17) is 14.2 Å². The van der Waals surface area contributed by atoms with Crippen molar-refractivity contribution in [3.63, 3.8) is 0 Å². The van der Waals surface area contributed by atoms with Crippen LogP contribution in [0.5, 0.6) is 17.2 Å². The van der Waals surface area contributed by atoms with Crippen LogP contribution in [0, 0.1) is 18.3 Å². The molecule has 4 aromatic carbocycles. The number of ether oxygens (including phenoxy) is 3. The largest absolute Gasteiger partial charge is 0.488 e. The molecule has 1 N–H and O–H groups in total. The summed E-state index contributed by atoms with van der Waals surface area (Å²) in [7, 11) is -3.43. The van der Waals surface area contributed by atoms with E-state index in [-0.39, 0.29) is 6.10 Å². The molecule has 5 rings (SSSR count). The lowest BCUT2D eigenvalue weighted by Crippen LogP contribution is -2.23. The molecule has 0 radical (unpaired) electrons. The average Bonchev–Trinajstić information content (AvgIpc) is 3.48. The van der Waals surface area contributed by atoms with Crippen molar-refractivity contribution < 1.29 is 22.6 Å². The van der Waals surface area contributed by atoms with E-state index in [2.05, 4.69) is 15.7 Å². The minimum atomic E-state index is -3.43. The topological polar surface area (TPSA) is 101 Å². The van der Waals surface area contributed by atoms with E-state index in [1.165, 1.54) is 0 Å². The van der Waals surface area contributed by atoms with E-state index in [1.54, 1.807) is 18.2 Å². The lowest BCUT2D eigenvalue weighted by atomic mass is 10.1. The maximum Gasteiger partial charge on any atom is 0.229 e. The lowest BCUT2D eigenvalue weighted by Gasteiger charge is -2.28. The number of sulfonamides is 1. The summed E-state index contributed by atoms with van der Waals surface area (Å²) in [5, 5.41) is 9.19. The van der Waals surface area contributed by atoms with Gasteiger partial charge in [0, 0.05) is 31.3 Å². The fourth-order valence-electron chi connectivity index (χ4n) is 4.84. The molecular weight excluding hydrogens is 550 g/mol. The molecule has 9 heteroatoms. The predicted octanol–water partition coefficient (Wildman–Crippen LogP) is 6.41. The van der Waals surface area contributed by atoms with E-state index in [0.717, 1.165) is 47.4 Å². The van der Waals surface area contributed by atoms with Gasteiger partial charge in [0.05, 0.1) is 36.8 Å². The van der Waals surface area contributed by atoms with E-state index in [9.17, 15) is 13.7 Å². The molecule has 216 valence electrons. The molecule has 1 unspecified atom stereocenters. The number of nitrogens with one attached hydrogen (secondary N) is 1. The van der Waals surface area contributed by atoms with Crippen molar-refractivity contribution in [1.29, 1.82) is 5.26 Å². The maximum absolute atomic E-state index is 12.0. The van der Waals surface area contributed by atoms with Crippen LogP contribution in [0.3, 0.4) is 0 Å². The van der Waals surface area contributed by atoms with Crippen LogP contribution in [-0.4, -0.2) is 34.0 Å². The predicted molar refractivity (Wildman–Crippen MR) is 163 cm³/mol. The van der Waals surface area contributed by atoms with Gasteiger partial charge in [-0.3, -0.25) is 4.72 Å². The summed E-state index contributed by atoms with van der Waals surface area (Å²) < 4.78 is 44.0. The summed E-state index contributed by atoms with van der Waals surface area (Å²) in [4.78, 5) is 2.19. The number of hydrogen-bond donors (Lipinski definition) is 1. The Morgan fingerprint density at radius 1 is 0.929 bits per heavy atom. The smallest absolute Gasteiger partial charge is 0.229 e. The third-order valence-corrected chi connectivity index (χ3v) is 7.52. The Kier molecular flexibility index (Phi) is 8.96. The van der Waals surface area contributed by atoms with Gasteiger partial charge < -0.3 is 19.1 Å². The molecule has 0 aromatic heterocycles. The Morgan fingerprint density at radius 2 is 1.60 bits per heavy atom. The van der Waals surface area contributed by atoms with Crippen LogP contribution in [0.4, 0.5) is 11.4 Å². The molecule has 0 aliphatic carbocycles. The highest BCUT2D eigenvalue weighted by atomic mass is 32.2. The highest BCUT2D eigenvalue weighted by Crippen LogP contribution is 2.31. The van der Waals surface area contributed by atoms with Crippen molar-refractivity contribution in [1.82, 2.24) is 0 Å². The number of hydrogen-bond acceptors (Lipinski definition) is 7. The number of anilines is 2. The number of nitriles is 1. The second-order valence-corrected chi connectivity index (χ2v) is 12.1. The molecule has 1 aliphatic rings. The van der Waals surface area contributed by atoms with Crippen molar-refractivity contribution in [3.05, 3.63) is 113 Å². The van der Waals surface area contributed by atoms with Crippen LogP contribution in [-0.2, 0) is 27.8 Å². The zero-order valence-electron chi connectivity index (χ0n) is 23.6. The average molecular weight is 584 g/mol. The first-order chi connectivity index (χ1) is 20.3. The first kappa shape index (κ1) is 29.0. The summed E-state index contributed by atoms with van der Waals surface area (Å²) in [5.41, 5.74) is 4.94. The molecule has 42 heavy (non-hydrogen) atoms. The molecule has 0 amide bonds. The zero-order chi connectivity index (χ0) is 29.5. The second kappa shape index (κ2) is 13.0. The number of nitrogens with zero attached hydrogens (tertiary/aromatic N) is 2.